The monoisotopic (exact) mass is 1080 g/mol. The number of halogens is 1. The van der Waals surface area contributed by atoms with Crippen molar-refractivity contribution in [3.63, 3.8) is 0 Å². The van der Waals surface area contributed by atoms with Gasteiger partial charge in [0, 0.05) is 29.8 Å². The lowest BCUT2D eigenvalue weighted by Gasteiger charge is -2.20. The molecule has 73 heavy (non-hydrogen) atoms. The van der Waals surface area contributed by atoms with E-state index in [0.29, 0.717) is 18.1 Å². The van der Waals surface area contributed by atoms with Crippen molar-refractivity contribution >= 4 is 60.6 Å². The number of hydrogen-bond acceptors (Lipinski definition) is 7. The molecular formula is C64H54BrNO4S3. The second-order valence-corrected chi connectivity index (χ2v) is 22.8. The molecule has 0 saturated heterocycles. The normalized spacial score (nSPS) is 12.2. The summed E-state index contributed by atoms with van der Waals surface area (Å²) in [6, 6.07) is 73.4. The fourth-order valence-electron chi connectivity index (χ4n) is 8.27. The van der Waals surface area contributed by atoms with Crippen molar-refractivity contribution in [3.8, 4) is 11.5 Å². The first-order valence-corrected chi connectivity index (χ1v) is 28.1. The SMILES string of the molecule is Brc1cccc(OCc2ccccc2)c1.C=C(c1cccc(OCc2ccccc2)c1)c1ccc2c(c1)Cc1ccccc1S2.CC(=NCS(=O)(=O)c1ccc(C)cc1)c1ccc2c(c1)Cc1ccccc1S2. The molecule has 2 aliphatic heterocycles. The molecule has 11 rings (SSSR count). The zero-order valence-corrected chi connectivity index (χ0v) is 44.7. The molecule has 0 atom stereocenters. The summed E-state index contributed by atoms with van der Waals surface area (Å²) >= 11 is 7.05. The minimum Gasteiger partial charge on any atom is -0.489 e. The first-order chi connectivity index (χ1) is 35.5. The zero-order chi connectivity index (χ0) is 50.6. The van der Waals surface area contributed by atoms with Crippen LogP contribution in [-0.2, 0) is 35.9 Å². The van der Waals surface area contributed by atoms with Crippen molar-refractivity contribution in [2.24, 2.45) is 4.99 Å². The van der Waals surface area contributed by atoms with Gasteiger partial charge >= 0.3 is 0 Å². The Morgan fingerprint density at radius 2 is 1.00 bits per heavy atom. The van der Waals surface area contributed by atoms with Gasteiger partial charge < -0.3 is 9.47 Å². The summed E-state index contributed by atoms with van der Waals surface area (Å²) < 4.78 is 37.8. The third-order valence-corrected chi connectivity index (χ3v) is 16.8. The molecular weight excluding hydrogens is 1020 g/mol. The smallest absolute Gasteiger partial charge is 0.198 e. The van der Waals surface area contributed by atoms with Crippen LogP contribution in [0.4, 0.5) is 0 Å². The van der Waals surface area contributed by atoms with Crippen molar-refractivity contribution in [2.45, 2.75) is 64.4 Å². The van der Waals surface area contributed by atoms with E-state index in [1.54, 1.807) is 23.9 Å². The van der Waals surface area contributed by atoms with Crippen molar-refractivity contribution in [3.05, 3.63) is 285 Å². The fourth-order valence-corrected chi connectivity index (χ4v) is 11.8. The minimum absolute atomic E-state index is 0.240. The molecule has 0 N–H and O–H groups in total. The molecule has 0 radical (unpaired) electrons. The van der Waals surface area contributed by atoms with E-state index >= 15 is 0 Å². The Hall–Kier alpha value is -6.88. The fraction of sp³-hybridized carbons (Fsp3) is 0.109. The molecule has 0 aromatic heterocycles. The molecule has 0 amide bonds. The molecule has 0 saturated carbocycles. The summed E-state index contributed by atoms with van der Waals surface area (Å²) in [5, 5.41) is 0. The van der Waals surface area contributed by atoms with Crippen LogP contribution in [0.3, 0.4) is 0 Å². The molecule has 0 aliphatic carbocycles. The summed E-state index contributed by atoms with van der Waals surface area (Å²) in [6.45, 7) is 9.36. The van der Waals surface area contributed by atoms with Gasteiger partial charge in [0.05, 0.1) is 4.90 Å². The van der Waals surface area contributed by atoms with E-state index in [-0.39, 0.29) is 5.88 Å². The Morgan fingerprint density at radius 3 is 1.58 bits per heavy atom. The number of hydrogen-bond donors (Lipinski definition) is 0. The summed E-state index contributed by atoms with van der Waals surface area (Å²) in [5.41, 5.74) is 13.7. The highest BCUT2D eigenvalue weighted by Gasteiger charge is 2.19. The van der Waals surface area contributed by atoms with Gasteiger partial charge in [0.2, 0.25) is 0 Å². The van der Waals surface area contributed by atoms with Gasteiger partial charge in [-0.1, -0.05) is 191 Å². The standard InChI is InChI=1S/C28H22OS.C23H21NO2S2.C13H11BrO/c1-20(22-11-7-12-26(18-22)29-19-21-8-3-2-4-9-21)23-14-15-28-25(16-23)17-24-10-5-6-13-27(24)30-28;1-16-7-10-21(11-8-16)28(25,26)15-24-17(2)18-9-12-23-20(13-18)14-19-5-3-4-6-22(19)27-23;14-12-7-4-8-13(9-12)15-10-11-5-2-1-3-6-11/h2-16,18H,1,17,19H2;3-13H,14-15H2,1-2H3;1-9H,10H2. The quantitative estimate of drug-likeness (QED) is 0.114. The van der Waals surface area contributed by atoms with Crippen LogP contribution in [0.2, 0.25) is 0 Å². The number of rotatable bonds is 12. The van der Waals surface area contributed by atoms with E-state index in [1.165, 1.54) is 47.4 Å². The number of aryl methyl sites for hydroxylation is 1. The Morgan fingerprint density at radius 1 is 0.521 bits per heavy atom. The predicted octanol–water partition coefficient (Wildman–Crippen LogP) is 16.7. The highest BCUT2D eigenvalue weighted by molar-refractivity contribution is 9.10. The summed E-state index contributed by atoms with van der Waals surface area (Å²) in [7, 11) is -3.43. The van der Waals surface area contributed by atoms with Gasteiger partial charge in [-0.25, -0.2) is 8.42 Å². The van der Waals surface area contributed by atoms with Crippen LogP contribution in [0.25, 0.3) is 5.57 Å². The molecule has 2 aliphatic rings. The van der Waals surface area contributed by atoms with Crippen molar-refractivity contribution < 1.29 is 17.9 Å². The lowest BCUT2D eigenvalue weighted by Crippen LogP contribution is -2.08. The number of ether oxygens (including phenoxy) is 2. The number of aliphatic imine (C=N–C) groups is 1. The Labute approximate surface area is 447 Å². The maximum Gasteiger partial charge on any atom is 0.198 e. The van der Waals surface area contributed by atoms with Gasteiger partial charge in [-0.2, -0.15) is 0 Å². The highest BCUT2D eigenvalue weighted by Crippen LogP contribution is 2.42. The Kier molecular flexibility index (Phi) is 16.9. The molecule has 0 spiro atoms. The van der Waals surface area contributed by atoms with E-state index in [2.05, 4.69) is 143 Å². The Bertz CT molecular complexity index is 3510. The maximum absolute atomic E-state index is 12.5. The number of fused-ring (bicyclic) bond motifs is 4. The predicted molar refractivity (Wildman–Crippen MR) is 305 cm³/mol. The minimum atomic E-state index is -3.43. The number of benzene rings is 9. The van der Waals surface area contributed by atoms with Crippen molar-refractivity contribution in [1.82, 2.24) is 0 Å². The second-order valence-electron chi connectivity index (χ2n) is 17.7. The average Bonchev–Trinajstić information content (AvgIpc) is 3.43. The maximum atomic E-state index is 12.5. The molecule has 5 nitrogen and oxygen atoms in total. The van der Waals surface area contributed by atoms with Crippen LogP contribution in [0, 0.1) is 6.92 Å². The highest BCUT2D eigenvalue weighted by atomic mass is 79.9. The summed E-state index contributed by atoms with van der Waals surface area (Å²) in [5.74, 6) is 1.50. The van der Waals surface area contributed by atoms with Gasteiger partial charge in [0.1, 0.15) is 30.6 Å². The van der Waals surface area contributed by atoms with Crippen LogP contribution in [0.15, 0.2) is 259 Å². The van der Waals surface area contributed by atoms with E-state index in [9.17, 15) is 8.42 Å². The molecule has 0 fully saturated rings. The molecule has 2 heterocycles. The van der Waals surface area contributed by atoms with Gasteiger partial charge in [0.15, 0.2) is 9.84 Å². The molecule has 0 bridgehead atoms. The topological polar surface area (TPSA) is 65.0 Å². The lowest BCUT2D eigenvalue weighted by atomic mass is 9.95. The van der Waals surface area contributed by atoms with Gasteiger partial charge in [-0.05, 0) is 161 Å². The lowest BCUT2D eigenvalue weighted by molar-refractivity contribution is 0.306. The second kappa shape index (κ2) is 24.2. The van der Waals surface area contributed by atoms with Crippen LogP contribution in [0.1, 0.15) is 62.6 Å². The first-order valence-electron chi connectivity index (χ1n) is 24.0. The van der Waals surface area contributed by atoms with E-state index in [0.717, 1.165) is 67.9 Å². The van der Waals surface area contributed by atoms with Crippen LogP contribution in [-0.4, -0.2) is 20.0 Å². The average molecular weight is 1080 g/mol. The summed E-state index contributed by atoms with van der Waals surface area (Å²) in [4.78, 5) is 9.95. The number of sulfone groups is 1. The largest absolute Gasteiger partial charge is 0.489 e. The molecule has 364 valence electrons. The Balaban J connectivity index is 0.000000142. The van der Waals surface area contributed by atoms with E-state index in [1.807, 2.05) is 117 Å². The molecule has 9 aromatic rings. The zero-order valence-electron chi connectivity index (χ0n) is 40.7. The number of nitrogens with zero attached hydrogens (tertiary/aromatic N) is 1. The summed E-state index contributed by atoms with van der Waals surface area (Å²) in [6.07, 6.45) is 1.86. The van der Waals surface area contributed by atoms with Gasteiger partial charge in [0.25, 0.3) is 0 Å². The molecule has 0 unspecified atom stereocenters. The molecule has 9 aromatic carbocycles. The van der Waals surface area contributed by atoms with Gasteiger partial charge in [-0.15, -0.1) is 0 Å². The van der Waals surface area contributed by atoms with Crippen LogP contribution >= 0.6 is 39.5 Å². The van der Waals surface area contributed by atoms with Crippen molar-refractivity contribution in [1.29, 1.82) is 0 Å². The van der Waals surface area contributed by atoms with Crippen LogP contribution in [0.5, 0.6) is 11.5 Å². The van der Waals surface area contributed by atoms with E-state index < -0.39 is 9.84 Å². The molecule has 9 heteroatoms. The van der Waals surface area contributed by atoms with Crippen LogP contribution < -0.4 is 9.47 Å². The third-order valence-electron chi connectivity index (χ3n) is 12.4. The van der Waals surface area contributed by atoms with E-state index in [4.69, 9.17) is 9.47 Å². The van der Waals surface area contributed by atoms with Crippen molar-refractivity contribution in [2.75, 3.05) is 5.88 Å². The van der Waals surface area contributed by atoms with Gasteiger partial charge in [-0.3, -0.25) is 4.99 Å². The third kappa shape index (κ3) is 13.8. The first kappa shape index (κ1) is 51.0.